The van der Waals surface area contributed by atoms with E-state index < -0.39 is 0 Å². The summed E-state index contributed by atoms with van der Waals surface area (Å²) >= 11 is 0. The van der Waals surface area contributed by atoms with Gasteiger partial charge >= 0.3 is 0 Å². The molecule has 0 bridgehead atoms. The molecule has 0 aromatic carbocycles. The van der Waals surface area contributed by atoms with Gasteiger partial charge in [-0.05, 0) is 7.05 Å². The van der Waals surface area contributed by atoms with Gasteiger partial charge in [0.15, 0.2) is 0 Å². The van der Waals surface area contributed by atoms with Gasteiger partial charge in [0, 0.05) is 45.8 Å². The molecule has 2 saturated heterocycles. The van der Waals surface area contributed by atoms with Crippen LogP contribution in [0.2, 0.25) is 0 Å². The van der Waals surface area contributed by atoms with Crippen LogP contribution in [-0.2, 0) is 9.47 Å². The van der Waals surface area contributed by atoms with E-state index in [1.54, 1.807) is 0 Å². The van der Waals surface area contributed by atoms with E-state index in [-0.39, 0.29) is 12.8 Å². The summed E-state index contributed by atoms with van der Waals surface area (Å²) < 4.78 is 11.2. The van der Waals surface area contributed by atoms with Crippen molar-refractivity contribution in [2.75, 3.05) is 79.3 Å². The van der Waals surface area contributed by atoms with Crippen LogP contribution in [0.5, 0.6) is 0 Å². The summed E-state index contributed by atoms with van der Waals surface area (Å²) in [6.45, 7) is 9.33. The van der Waals surface area contributed by atoms with Gasteiger partial charge in [-0.25, -0.2) is 0 Å². The highest BCUT2D eigenvalue weighted by Gasteiger charge is 2.22. The van der Waals surface area contributed by atoms with E-state index in [0.717, 1.165) is 59.0 Å². The molecule has 2 rings (SSSR count). The fourth-order valence-electron chi connectivity index (χ4n) is 2.53. The number of ether oxygens (including phenoxy) is 2. The minimum Gasteiger partial charge on any atom is -0.392 e. The maximum Gasteiger partial charge on any atom is 0.134 e. The van der Waals surface area contributed by atoms with Crippen molar-refractivity contribution in [1.82, 2.24) is 14.7 Å². The Balaban J connectivity index is 1.64. The maximum atomic E-state index is 9.47. The van der Waals surface area contributed by atoms with E-state index in [1.165, 1.54) is 0 Å². The van der Waals surface area contributed by atoms with Crippen molar-refractivity contribution in [3.8, 4) is 0 Å². The Morgan fingerprint density at radius 3 is 2.42 bits per heavy atom. The smallest absolute Gasteiger partial charge is 0.134 e. The molecule has 19 heavy (non-hydrogen) atoms. The topological polar surface area (TPSA) is 48.4 Å². The number of nitrogens with zero attached hydrogens (tertiary/aromatic N) is 3. The van der Waals surface area contributed by atoms with Crippen LogP contribution >= 0.6 is 0 Å². The number of hydrogen-bond acceptors (Lipinski definition) is 6. The van der Waals surface area contributed by atoms with Crippen LogP contribution in [0.1, 0.15) is 0 Å². The van der Waals surface area contributed by atoms with Crippen molar-refractivity contribution in [2.24, 2.45) is 0 Å². The van der Waals surface area contributed by atoms with Crippen LogP contribution < -0.4 is 0 Å². The second-order valence-corrected chi connectivity index (χ2v) is 5.30. The number of hydrogen-bond donors (Lipinski definition) is 1. The SMILES string of the molecule is CN1CCN(C(CO)OCCN2CCOCC2)CC1. The lowest BCUT2D eigenvalue weighted by atomic mass is 10.3. The summed E-state index contributed by atoms with van der Waals surface area (Å²) in [4.78, 5) is 6.89. The monoisotopic (exact) mass is 273 g/mol. The summed E-state index contributed by atoms with van der Waals surface area (Å²) in [5.41, 5.74) is 0. The lowest BCUT2D eigenvalue weighted by Gasteiger charge is -2.37. The van der Waals surface area contributed by atoms with Crippen LogP contribution in [0.3, 0.4) is 0 Å². The number of likely N-dealkylation sites (N-methyl/N-ethyl adjacent to an activating group) is 1. The Hall–Kier alpha value is -0.240. The van der Waals surface area contributed by atoms with Gasteiger partial charge in [-0.2, -0.15) is 0 Å². The largest absolute Gasteiger partial charge is 0.392 e. The zero-order chi connectivity index (χ0) is 13.5. The molecule has 0 spiro atoms. The van der Waals surface area contributed by atoms with Crippen LogP contribution in [0.25, 0.3) is 0 Å². The zero-order valence-electron chi connectivity index (χ0n) is 12.0. The van der Waals surface area contributed by atoms with Gasteiger partial charge in [0.05, 0.1) is 26.4 Å². The quantitative estimate of drug-likeness (QED) is 0.663. The molecule has 0 aliphatic carbocycles. The van der Waals surface area contributed by atoms with Crippen LogP contribution in [-0.4, -0.2) is 105 Å². The normalized spacial score (nSPS) is 25.6. The van der Waals surface area contributed by atoms with E-state index >= 15 is 0 Å². The Bertz CT molecular complexity index is 241. The summed E-state index contributed by atoms with van der Waals surface area (Å²) in [7, 11) is 2.13. The molecule has 6 nitrogen and oxygen atoms in total. The van der Waals surface area contributed by atoms with Gasteiger partial charge in [-0.15, -0.1) is 0 Å². The van der Waals surface area contributed by atoms with Crippen molar-refractivity contribution in [3.63, 3.8) is 0 Å². The average molecular weight is 273 g/mol. The van der Waals surface area contributed by atoms with Crippen molar-refractivity contribution < 1.29 is 14.6 Å². The second-order valence-electron chi connectivity index (χ2n) is 5.30. The van der Waals surface area contributed by atoms with Gasteiger partial charge < -0.3 is 19.5 Å². The predicted molar refractivity (Wildman–Crippen MR) is 73.2 cm³/mol. The standard InChI is InChI=1S/C13H27N3O3/c1-14-2-4-16(5-3-14)13(12-17)19-11-8-15-6-9-18-10-7-15/h13,17H,2-12H2,1H3. The molecule has 6 heteroatoms. The van der Waals surface area contributed by atoms with E-state index in [0.29, 0.717) is 6.61 Å². The molecule has 0 radical (unpaired) electrons. The lowest BCUT2D eigenvalue weighted by Crippen LogP contribution is -2.51. The van der Waals surface area contributed by atoms with Gasteiger partial charge in [-0.1, -0.05) is 0 Å². The van der Waals surface area contributed by atoms with Crippen molar-refractivity contribution in [2.45, 2.75) is 6.23 Å². The van der Waals surface area contributed by atoms with Crippen molar-refractivity contribution in [3.05, 3.63) is 0 Å². The molecular formula is C13H27N3O3. The van der Waals surface area contributed by atoms with E-state index in [1.807, 2.05) is 0 Å². The van der Waals surface area contributed by atoms with Crippen LogP contribution in [0, 0.1) is 0 Å². The van der Waals surface area contributed by atoms with Crippen molar-refractivity contribution in [1.29, 1.82) is 0 Å². The summed E-state index contributed by atoms with van der Waals surface area (Å²) in [5, 5.41) is 9.47. The first-order valence-corrected chi connectivity index (χ1v) is 7.25. The minimum atomic E-state index is -0.144. The minimum absolute atomic E-state index is 0.0762. The first-order chi connectivity index (χ1) is 9.29. The second kappa shape index (κ2) is 8.14. The molecule has 2 fully saturated rings. The van der Waals surface area contributed by atoms with Crippen LogP contribution in [0.15, 0.2) is 0 Å². The summed E-state index contributed by atoms with van der Waals surface area (Å²) in [5.74, 6) is 0. The highest BCUT2D eigenvalue weighted by molar-refractivity contribution is 4.72. The van der Waals surface area contributed by atoms with E-state index in [2.05, 4.69) is 21.7 Å². The fraction of sp³-hybridized carbons (Fsp3) is 1.00. The van der Waals surface area contributed by atoms with Crippen LogP contribution in [0.4, 0.5) is 0 Å². The highest BCUT2D eigenvalue weighted by Crippen LogP contribution is 2.06. The molecule has 2 aliphatic rings. The number of piperazine rings is 1. The highest BCUT2D eigenvalue weighted by atomic mass is 16.5. The molecule has 1 unspecified atom stereocenters. The maximum absolute atomic E-state index is 9.47. The molecular weight excluding hydrogens is 246 g/mol. The van der Waals surface area contributed by atoms with Gasteiger partial charge in [0.2, 0.25) is 0 Å². The van der Waals surface area contributed by atoms with Gasteiger partial charge in [-0.3, -0.25) is 9.80 Å². The lowest BCUT2D eigenvalue weighted by molar-refractivity contribution is -0.104. The zero-order valence-corrected chi connectivity index (χ0v) is 12.0. The van der Waals surface area contributed by atoms with E-state index in [9.17, 15) is 5.11 Å². The third-order valence-electron chi connectivity index (χ3n) is 3.92. The average Bonchev–Trinajstić information content (AvgIpc) is 2.46. The Kier molecular flexibility index (Phi) is 6.49. The first kappa shape index (κ1) is 15.2. The molecule has 112 valence electrons. The number of morpholine rings is 1. The van der Waals surface area contributed by atoms with E-state index in [4.69, 9.17) is 9.47 Å². The molecule has 2 heterocycles. The fourth-order valence-corrected chi connectivity index (χ4v) is 2.53. The van der Waals surface area contributed by atoms with Crippen molar-refractivity contribution >= 4 is 0 Å². The molecule has 0 amide bonds. The molecule has 0 aromatic heterocycles. The molecule has 0 aromatic rings. The van der Waals surface area contributed by atoms with Gasteiger partial charge in [0.1, 0.15) is 6.23 Å². The third kappa shape index (κ3) is 4.98. The third-order valence-corrected chi connectivity index (χ3v) is 3.92. The summed E-state index contributed by atoms with van der Waals surface area (Å²) in [6.07, 6.45) is -0.144. The molecule has 1 atom stereocenters. The molecule has 0 saturated carbocycles. The Morgan fingerprint density at radius 2 is 1.79 bits per heavy atom. The molecule has 2 aliphatic heterocycles. The first-order valence-electron chi connectivity index (χ1n) is 7.25. The number of aliphatic hydroxyl groups is 1. The Morgan fingerprint density at radius 1 is 1.11 bits per heavy atom. The number of aliphatic hydroxyl groups excluding tert-OH is 1. The molecule has 1 N–H and O–H groups in total. The predicted octanol–water partition coefficient (Wildman–Crippen LogP) is -1.10. The van der Waals surface area contributed by atoms with Gasteiger partial charge in [0.25, 0.3) is 0 Å². The summed E-state index contributed by atoms with van der Waals surface area (Å²) in [6, 6.07) is 0. The number of rotatable bonds is 6. The Labute approximate surface area is 115 Å².